The van der Waals surface area contributed by atoms with E-state index < -0.39 is 28.7 Å². The van der Waals surface area contributed by atoms with Crippen molar-refractivity contribution < 1.29 is 30.5 Å². The smallest absolute Gasteiger partial charge is 0.288 e. The Labute approximate surface area is 79.1 Å². The highest BCUT2D eigenvalue weighted by Gasteiger charge is 2.41. The first-order valence-electron chi connectivity index (χ1n) is 3.78. The molecule has 1 saturated carbocycles. The van der Waals surface area contributed by atoms with Crippen molar-refractivity contribution in [2.45, 2.75) is 31.4 Å². The van der Waals surface area contributed by atoms with Gasteiger partial charge in [-0.3, -0.25) is 8.92 Å². The number of hydrogen-bond donors (Lipinski definition) is 0. The van der Waals surface area contributed by atoms with Crippen molar-refractivity contribution in [3.05, 3.63) is 0 Å². The third-order valence-corrected chi connectivity index (χ3v) is 2.28. The SMILES string of the molecule is CS(=O)(=O)O[C@H]1C[C@H](OC(F)(F)F)C1. The van der Waals surface area contributed by atoms with Gasteiger partial charge in [0.1, 0.15) is 0 Å². The molecule has 1 rings (SSSR count). The zero-order chi connectivity index (χ0) is 11.0. The Kier molecular flexibility index (Phi) is 3.07. The van der Waals surface area contributed by atoms with Gasteiger partial charge in [-0.1, -0.05) is 0 Å². The van der Waals surface area contributed by atoms with Crippen LogP contribution in [0.5, 0.6) is 0 Å². The average Bonchev–Trinajstić information content (AvgIpc) is 1.75. The fraction of sp³-hybridized carbons (Fsp3) is 1.00. The quantitative estimate of drug-likeness (QED) is 0.684. The van der Waals surface area contributed by atoms with Gasteiger partial charge in [-0.05, 0) is 0 Å². The number of ether oxygens (including phenoxy) is 1. The molecule has 0 aromatic rings. The van der Waals surface area contributed by atoms with Crippen molar-refractivity contribution in [1.82, 2.24) is 0 Å². The average molecular weight is 234 g/mol. The van der Waals surface area contributed by atoms with Crippen molar-refractivity contribution in [1.29, 1.82) is 0 Å². The molecule has 0 N–H and O–H groups in total. The summed E-state index contributed by atoms with van der Waals surface area (Å²) in [4.78, 5) is 0. The minimum absolute atomic E-state index is 0.0490. The van der Waals surface area contributed by atoms with Gasteiger partial charge in [0, 0.05) is 12.8 Å². The number of hydrogen-bond acceptors (Lipinski definition) is 4. The zero-order valence-electron chi connectivity index (χ0n) is 7.24. The maximum absolute atomic E-state index is 11.6. The van der Waals surface area contributed by atoms with Crippen LogP contribution in [0.15, 0.2) is 0 Å². The van der Waals surface area contributed by atoms with Crippen LogP contribution in [0.4, 0.5) is 13.2 Å². The summed E-state index contributed by atoms with van der Waals surface area (Å²) in [6.45, 7) is 0. The van der Waals surface area contributed by atoms with Crippen LogP contribution in [0.2, 0.25) is 0 Å². The second-order valence-corrected chi connectivity index (χ2v) is 4.68. The Morgan fingerprint density at radius 3 is 2.07 bits per heavy atom. The predicted molar refractivity (Wildman–Crippen MR) is 39.9 cm³/mol. The summed E-state index contributed by atoms with van der Waals surface area (Å²) >= 11 is 0. The lowest BCUT2D eigenvalue weighted by molar-refractivity contribution is -0.355. The van der Waals surface area contributed by atoms with Crippen LogP contribution in [0.1, 0.15) is 12.8 Å². The molecule has 0 saturated heterocycles. The predicted octanol–water partition coefficient (Wildman–Crippen LogP) is 1.03. The third-order valence-electron chi connectivity index (χ3n) is 1.66. The van der Waals surface area contributed by atoms with E-state index in [1.807, 2.05) is 0 Å². The van der Waals surface area contributed by atoms with Crippen molar-refractivity contribution in [3.63, 3.8) is 0 Å². The summed E-state index contributed by atoms with van der Waals surface area (Å²) in [5, 5.41) is 0. The standard InChI is InChI=1S/C6H9F3O4S/c1-14(10,11)13-5-2-4(3-5)12-6(7,8)9/h4-5H,2-3H2,1H3/t4-,5-. The van der Waals surface area contributed by atoms with Crippen LogP contribution in [0, 0.1) is 0 Å². The van der Waals surface area contributed by atoms with Gasteiger partial charge in [0.15, 0.2) is 0 Å². The van der Waals surface area contributed by atoms with Gasteiger partial charge in [0.05, 0.1) is 18.5 Å². The molecule has 1 aliphatic carbocycles. The molecule has 0 unspecified atom stereocenters. The van der Waals surface area contributed by atoms with Crippen LogP contribution in [0.25, 0.3) is 0 Å². The highest BCUT2D eigenvalue weighted by molar-refractivity contribution is 7.86. The lowest BCUT2D eigenvalue weighted by Gasteiger charge is -2.33. The first-order chi connectivity index (χ1) is 6.16. The lowest BCUT2D eigenvalue weighted by Crippen LogP contribution is -2.41. The molecule has 0 bridgehead atoms. The molecule has 1 fully saturated rings. The van der Waals surface area contributed by atoms with Crippen LogP contribution in [-0.4, -0.2) is 33.2 Å². The van der Waals surface area contributed by atoms with E-state index in [0.717, 1.165) is 6.26 Å². The molecule has 0 atom stereocenters. The highest BCUT2D eigenvalue weighted by atomic mass is 32.2. The van der Waals surface area contributed by atoms with Crippen LogP contribution < -0.4 is 0 Å². The molecule has 14 heavy (non-hydrogen) atoms. The van der Waals surface area contributed by atoms with Crippen LogP contribution in [0.3, 0.4) is 0 Å². The monoisotopic (exact) mass is 234 g/mol. The molecular formula is C6H9F3O4S. The minimum Gasteiger partial charge on any atom is -0.288 e. The zero-order valence-corrected chi connectivity index (χ0v) is 8.06. The Balaban J connectivity index is 2.25. The molecule has 0 aromatic carbocycles. The first kappa shape index (κ1) is 11.7. The van der Waals surface area contributed by atoms with Crippen molar-refractivity contribution >= 4 is 10.1 Å². The van der Waals surface area contributed by atoms with Gasteiger partial charge in [-0.15, -0.1) is 13.2 Å². The number of halogens is 3. The Morgan fingerprint density at radius 1 is 1.21 bits per heavy atom. The molecule has 1 aliphatic rings. The molecule has 0 aromatic heterocycles. The second-order valence-electron chi connectivity index (χ2n) is 3.08. The van der Waals surface area contributed by atoms with E-state index in [1.165, 1.54) is 0 Å². The summed E-state index contributed by atoms with van der Waals surface area (Å²) in [5.74, 6) is 0. The van der Waals surface area contributed by atoms with Gasteiger partial charge in [0.25, 0.3) is 10.1 Å². The molecule has 0 spiro atoms. The molecule has 84 valence electrons. The molecule has 8 heteroatoms. The number of alkyl halides is 3. The van der Waals surface area contributed by atoms with Crippen molar-refractivity contribution in [2.24, 2.45) is 0 Å². The van der Waals surface area contributed by atoms with Crippen molar-refractivity contribution in [2.75, 3.05) is 6.26 Å². The second kappa shape index (κ2) is 3.67. The third kappa shape index (κ3) is 4.25. The maximum atomic E-state index is 11.6. The van der Waals surface area contributed by atoms with Gasteiger partial charge >= 0.3 is 6.36 Å². The number of rotatable bonds is 3. The fourth-order valence-electron chi connectivity index (χ4n) is 1.13. The molecule has 0 radical (unpaired) electrons. The van der Waals surface area contributed by atoms with Gasteiger partial charge in [-0.2, -0.15) is 8.42 Å². The van der Waals surface area contributed by atoms with Gasteiger partial charge < -0.3 is 0 Å². The van der Waals surface area contributed by atoms with Crippen molar-refractivity contribution in [3.8, 4) is 0 Å². The Bertz CT molecular complexity index is 291. The summed E-state index contributed by atoms with van der Waals surface area (Å²) in [6.07, 6.45) is -5.58. The van der Waals surface area contributed by atoms with Crippen LogP contribution >= 0.6 is 0 Å². The van der Waals surface area contributed by atoms with E-state index in [4.69, 9.17) is 0 Å². The molecule has 0 heterocycles. The summed E-state index contributed by atoms with van der Waals surface area (Å²) in [6, 6.07) is 0. The lowest BCUT2D eigenvalue weighted by atomic mass is 9.92. The fourth-order valence-corrected chi connectivity index (χ4v) is 1.78. The van der Waals surface area contributed by atoms with E-state index in [2.05, 4.69) is 8.92 Å². The van der Waals surface area contributed by atoms with Gasteiger partial charge in [-0.25, -0.2) is 0 Å². The summed E-state index contributed by atoms with van der Waals surface area (Å²) in [5.41, 5.74) is 0. The first-order valence-corrected chi connectivity index (χ1v) is 5.60. The van der Waals surface area contributed by atoms with Crippen LogP contribution in [-0.2, 0) is 19.0 Å². The van der Waals surface area contributed by atoms with E-state index in [0.29, 0.717) is 0 Å². The topological polar surface area (TPSA) is 52.6 Å². The molecule has 4 nitrogen and oxygen atoms in total. The van der Waals surface area contributed by atoms with Gasteiger partial charge in [0.2, 0.25) is 0 Å². The largest absolute Gasteiger partial charge is 0.522 e. The normalized spacial score (nSPS) is 28.6. The summed E-state index contributed by atoms with van der Waals surface area (Å²) < 4.78 is 64.0. The molecule has 0 amide bonds. The Morgan fingerprint density at radius 2 is 1.71 bits per heavy atom. The maximum Gasteiger partial charge on any atom is 0.522 e. The minimum atomic E-state index is -4.67. The highest BCUT2D eigenvalue weighted by Crippen LogP contribution is 2.32. The molecule has 0 aliphatic heterocycles. The van der Waals surface area contributed by atoms with E-state index in [9.17, 15) is 21.6 Å². The Hall–Kier alpha value is -0.340. The summed E-state index contributed by atoms with van der Waals surface area (Å²) in [7, 11) is -3.59. The van der Waals surface area contributed by atoms with E-state index >= 15 is 0 Å². The molecular weight excluding hydrogens is 225 g/mol. The van der Waals surface area contributed by atoms with E-state index in [-0.39, 0.29) is 12.8 Å². The van der Waals surface area contributed by atoms with E-state index in [1.54, 1.807) is 0 Å².